The zero-order valence-corrected chi connectivity index (χ0v) is 13.4. The Bertz CT molecular complexity index is 610. The molecule has 2 nitrogen and oxygen atoms in total. The van der Waals surface area contributed by atoms with Gasteiger partial charge in [0.2, 0.25) is 0 Å². The monoisotopic (exact) mass is 322 g/mol. The van der Waals surface area contributed by atoms with Crippen LogP contribution in [0.15, 0.2) is 54.6 Å². The lowest BCUT2D eigenvalue weighted by Gasteiger charge is -2.31. The first kappa shape index (κ1) is 15.9. The topological polar surface area (TPSA) is 26.3 Å². The molecule has 2 aromatic rings. The van der Waals surface area contributed by atoms with Crippen LogP contribution in [0.3, 0.4) is 0 Å². The van der Waals surface area contributed by atoms with Crippen LogP contribution in [0.5, 0.6) is 0 Å². The van der Waals surface area contributed by atoms with Crippen molar-refractivity contribution in [2.45, 2.75) is 17.7 Å². The van der Waals surface area contributed by atoms with Crippen molar-refractivity contribution < 1.29 is 9.53 Å². The number of rotatable bonds is 4. The quantitative estimate of drug-likeness (QED) is 0.599. The highest BCUT2D eigenvalue weighted by molar-refractivity contribution is 6.34. The number of carbonyl (C=O) groups excluding carboxylic acids is 1. The maximum absolute atomic E-state index is 12.3. The molecular weight excluding hydrogens is 307 g/mol. The van der Waals surface area contributed by atoms with E-state index >= 15 is 0 Å². The molecule has 0 saturated heterocycles. The van der Waals surface area contributed by atoms with Crippen molar-refractivity contribution in [3.05, 3.63) is 70.7 Å². The first-order valence-corrected chi connectivity index (χ1v) is 7.34. The Morgan fingerprint density at radius 3 is 2.19 bits per heavy atom. The van der Waals surface area contributed by atoms with Gasteiger partial charge in [-0.15, -0.1) is 11.6 Å². The van der Waals surface area contributed by atoms with Gasteiger partial charge in [-0.25, -0.2) is 4.79 Å². The van der Waals surface area contributed by atoms with Crippen LogP contribution >= 0.6 is 23.2 Å². The van der Waals surface area contributed by atoms with Crippen LogP contribution in [0.1, 0.15) is 24.0 Å². The number of esters is 1. The fourth-order valence-electron chi connectivity index (χ4n) is 2.36. The van der Waals surface area contributed by atoms with Gasteiger partial charge in [0.15, 0.2) is 4.87 Å². The highest BCUT2D eigenvalue weighted by Crippen LogP contribution is 2.44. The summed E-state index contributed by atoms with van der Waals surface area (Å²) in [6, 6.07) is 16.6. The van der Waals surface area contributed by atoms with E-state index in [4.69, 9.17) is 27.9 Å². The van der Waals surface area contributed by atoms with Crippen LogP contribution in [0.25, 0.3) is 0 Å². The third-order valence-electron chi connectivity index (χ3n) is 3.64. The van der Waals surface area contributed by atoms with Crippen LogP contribution in [-0.4, -0.2) is 13.1 Å². The van der Waals surface area contributed by atoms with E-state index in [1.54, 1.807) is 24.3 Å². The minimum absolute atomic E-state index is 0.256. The van der Waals surface area contributed by atoms with Crippen LogP contribution in [0.2, 0.25) is 5.02 Å². The average Bonchev–Trinajstić information content (AvgIpc) is 2.54. The van der Waals surface area contributed by atoms with Crippen molar-refractivity contribution in [2.75, 3.05) is 7.11 Å². The van der Waals surface area contributed by atoms with Gasteiger partial charge in [-0.2, -0.15) is 0 Å². The summed E-state index contributed by atoms with van der Waals surface area (Å²) >= 11 is 12.6. The Balaban J connectivity index is 2.52. The maximum atomic E-state index is 12.3. The zero-order valence-electron chi connectivity index (χ0n) is 11.8. The molecule has 21 heavy (non-hydrogen) atoms. The molecule has 0 amide bonds. The summed E-state index contributed by atoms with van der Waals surface area (Å²) in [5, 5.41) is 0.593. The number of methoxy groups -OCH3 is 1. The number of carbonyl (C=O) groups is 1. The number of halogens is 2. The molecule has 2 aromatic carbocycles. The molecule has 0 fully saturated rings. The predicted molar refractivity (Wildman–Crippen MR) is 85.9 cm³/mol. The molecule has 2 unspecified atom stereocenters. The van der Waals surface area contributed by atoms with E-state index in [9.17, 15) is 4.79 Å². The Kier molecular flexibility index (Phi) is 4.92. The molecular formula is C17H16Cl2O2. The van der Waals surface area contributed by atoms with Gasteiger partial charge in [0.05, 0.1) is 7.11 Å². The highest BCUT2D eigenvalue weighted by Gasteiger charge is 2.45. The molecule has 0 spiro atoms. The molecule has 4 heteroatoms. The minimum atomic E-state index is -1.29. The van der Waals surface area contributed by atoms with Crippen molar-refractivity contribution in [3.8, 4) is 0 Å². The molecule has 2 atom stereocenters. The van der Waals surface area contributed by atoms with Gasteiger partial charge in [0.1, 0.15) is 0 Å². The summed E-state index contributed by atoms with van der Waals surface area (Å²) in [5.41, 5.74) is 1.63. The van der Waals surface area contributed by atoms with Crippen LogP contribution in [0.4, 0.5) is 0 Å². The maximum Gasteiger partial charge on any atom is 0.332 e. The lowest BCUT2D eigenvalue weighted by molar-refractivity contribution is -0.144. The zero-order chi connectivity index (χ0) is 15.5. The molecule has 0 aliphatic rings. The number of ether oxygens (including phenoxy) is 1. The molecule has 0 aliphatic carbocycles. The van der Waals surface area contributed by atoms with Crippen LogP contribution in [-0.2, 0) is 14.4 Å². The lowest BCUT2D eigenvalue weighted by atomic mass is 9.82. The molecule has 0 aromatic heterocycles. The first-order valence-electron chi connectivity index (χ1n) is 6.58. The average molecular weight is 323 g/mol. The van der Waals surface area contributed by atoms with E-state index in [2.05, 4.69) is 0 Å². The van der Waals surface area contributed by atoms with Crippen molar-refractivity contribution >= 4 is 29.2 Å². The predicted octanol–water partition coefficient (Wildman–Crippen LogP) is 4.75. The van der Waals surface area contributed by atoms with Gasteiger partial charge in [-0.3, -0.25) is 0 Å². The van der Waals surface area contributed by atoms with Crippen molar-refractivity contribution in [3.63, 3.8) is 0 Å². The van der Waals surface area contributed by atoms with E-state index < -0.39 is 10.8 Å². The molecule has 0 bridgehead atoms. The van der Waals surface area contributed by atoms with Gasteiger partial charge >= 0.3 is 5.97 Å². The van der Waals surface area contributed by atoms with Gasteiger partial charge in [-0.05, 0) is 23.3 Å². The Labute approximate surface area is 134 Å². The number of benzene rings is 2. The molecule has 0 saturated carbocycles. The van der Waals surface area contributed by atoms with Crippen LogP contribution in [0, 0.1) is 0 Å². The van der Waals surface area contributed by atoms with E-state index in [0.29, 0.717) is 10.6 Å². The molecule has 110 valence electrons. The van der Waals surface area contributed by atoms with Gasteiger partial charge < -0.3 is 4.74 Å². The van der Waals surface area contributed by atoms with E-state index in [-0.39, 0.29) is 5.92 Å². The van der Waals surface area contributed by atoms with Gasteiger partial charge in [0.25, 0.3) is 0 Å². The Morgan fingerprint density at radius 2 is 1.67 bits per heavy atom. The minimum Gasteiger partial charge on any atom is -0.467 e. The molecule has 2 rings (SSSR count). The third-order valence-corrected chi connectivity index (χ3v) is 4.59. The summed E-state index contributed by atoms with van der Waals surface area (Å²) in [4.78, 5) is 11.1. The molecule has 0 heterocycles. The SMILES string of the molecule is COC(=O)C(Cl)(c1ccc(Cl)cc1)C(C)c1ccccc1. The second kappa shape index (κ2) is 6.50. The smallest absolute Gasteiger partial charge is 0.332 e. The van der Waals surface area contributed by atoms with Gasteiger partial charge in [0, 0.05) is 10.9 Å². The second-order valence-electron chi connectivity index (χ2n) is 4.84. The van der Waals surface area contributed by atoms with Crippen molar-refractivity contribution in [2.24, 2.45) is 0 Å². The standard InChI is InChI=1S/C17H16Cl2O2/c1-12(13-6-4-3-5-7-13)17(19,16(20)21-2)14-8-10-15(18)11-9-14/h3-12H,1-2H3. The normalized spacial score (nSPS) is 15.0. The summed E-state index contributed by atoms with van der Waals surface area (Å²) in [6.07, 6.45) is 0. The Hall–Kier alpha value is -1.51. The van der Waals surface area contributed by atoms with E-state index in [1.807, 2.05) is 37.3 Å². The van der Waals surface area contributed by atoms with Crippen molar-refractivity contribution in [1.29, 1.82) is 0 Å². The van der Waals surface area contributed by atoms with E-state index in [0.717, 1.165) is 5.56 Å². The molecule has 0 N–H and O–H groups in total. The molecule has 0 radical (unpaired) electrons. The summed E-state index contributed by atoms with van der Waals surface area (Å²) in [7, 11) is 1.34. The highest BCUT2D eigenvalue weighted by atomic mass is 35.5. The molecule has 0 aliphatic heterocycles. The lowest BCUT2D eigenvalue weighted by Crippen LogP contribution is -2.36. The largest absolute Gasteiger partial charge is 0.467 e. The number of alkyl halides is 1. The third kappa shape index (κ3) is 3.07. The fourth-order valence-corrected chi connectivity index (χ4v) is 2.81. The van der Waals surface area contributed by atoms with Crippen molar-refractivity contribution in [1.82, 2.24) is 0 Å². The van der Waals surface area contributed by atoms with E-state index in [1.165, 1.54) is 7.11 Å². The summed E-state index contributed by atoms with van der Waals surface area (Å²) < 4.78 is 4.94. The Morgan fingerprint density at radius 1 is 1.10 bits per heavy atom. The summed E-state index contributed by atoms with van der Waals surface area (Å²) in [5.74, 6) is -0.739. The van der Waals surface area contributed by atoms with Crippen LogP contribution < -0.4 is 0 Å². The second-order valence-corrected chi connectivity index (χ2v) is 5.88. The number of hydrogen-bond donors (Lipinski definition) is 0. The number of hydrogen-bond acceptors (Lipinski definition) is 2. The first-order chi connectivity index (χ1) is 10.00. The fraction of sp³-hybridized carbons (Fsp3) is 0.235. The summed E-state index contributed by atoms with van der Waals surface area (Å²) in [6.45, 7) is 1.91. The van der Waals surface area contributed by atoms with Gasteiger partial charge in [-0.1, -0.05) is 61.0 Å².